The van der Waals surface area contributed by atoms with E-state index in [4.69, 9.17) is 5.11 Å². The van der Waals surface area contributed by atoms with Crippen LogP contribution in [0.5, 0.6) is 5.75 Å². The molecule has 2 aromatic carbocycles. The maximum Gasteiger partial charge on any atom is 0.323 e. The molecule has 14 heteroatoms. The highest BCUT2D eigenvalue weighted by molar-refractivity contribution is 7.89. The first-order chi connectivity index (χ1) is 20.1. The molecule has 2 heterocycles. The molecule has 1 fully saturated rings. The van der Waals surface area contributed by atoms with Gasteiger partial charge in [0, 0.05) is 43.6 Å². The minimum absolute atomic E-state index is 0.0119. The highest BCUT2D eigenvalue weighted by atomic mass is 32.2. The van der Waals surface area contributed by atoms with E-state index in [0.29, 0.717) is 30.5 Å². The van der Waals surface area contributed by atoms with Crippen LogP contribution in [0.25, 0.3) is 0 Å². The van der Waals surface area contributed by atoms with Gasteiger partial charge in [0.2, 0.25) is 16.0 Å². The van der Waals surface area contributed by atoms with Gasteiger partial charge in [-0.25, -0.2) is 22.8 Å². The van der Waals surface area contributed by atoms with Gasteiger partial charge in [-0.3, -0.25) is 9.59 Å². The molecule has 1 aliphatic heterocycles. The molecular weight excluding hydrogens is 567 g/mol. The summed E-state index contributed by atoms with van der Waals surface area (Å²) in [6.45, 7) is 3.97. The number of anilines is 2. The van der Waals surface area contributed by atoms with E-state index >= 15 is 0 Å². The summed E-state index contributed by atoms with van der Waals surface area (Å²) in [5.74, 6) is -2.37. The number of carboxylic acid groups (broad SMARTS) is 1. The highest BCUT2D eigenvalue weighted by Crippen LogP contribution is 2.25. The van der Waals surface area contributed by atoms with Gasteiger partial charge in [-0.05, 0) is 49.2 Å². The lowest BCUT2D eigenvalue weighted by Gasteiger charge is -2.34. The Morgan fingerprint density at radius 3 is 2.31 bits per heavy atom. The predicted molar refractivity (Wildman–Crippen MR) is 156 cm³/mol. The average molecular weight is 601 g/mol. The summed E-state index contributed by atoms with van der Waals surface area (Å²) < 4.78 is 40.4. The van der Waals surface area contributed by atoms with E-state index in [0.717, 1.165) is 25.0 Å². The van der Waals surface area contributed by atoms with Gasteiger partial charge < -0.3 is 25.7 Å². The van der Waals surface area contributed by atoms with E-state index in [9.17, 15) is 27.5 Å². The van der Waals surface area contributed by atoms with Gasteiger partial charge in [0.05, 0.1) is 11.4 Å². The number of hydrogen-bond donors (Lipinski definition) is 5. The number of aromatic hydroxyl groups is 1. The van der Waals surface area contributed by atoms with Gasteiger partial charge in [-0.1, -0.05) is 24.3 Å². The lowest BCUT2D eigenvalue weighted by atomic mass is 10.0. The molecule has 0 radical (unpaired) electrons. The number of aliphatic carboxylic acids is 1. The van der Waals surface area contributed by atoms with Crippen LogP contribution in [-0.2, 0) is 14.8 Å². The number of halogens is 1. The number of sulfonamides is 1. The molecule has 224 valence electrons. The fourth-order valence-electron chi connectivity index (χ4n) is 4.05. The molecule has 0 spiro atoms. The number of hydrogen-bond acceptors (Lipinski definition) is 9. The minimum atomic E-state index is -3.91. The number of nitrogens with one attached hydrogen (secondary N) is 3. The number of piperidine rings is 1. The third-order valence-electron chi connectivity index (χ3n) is 6.12. The first-order valence-corrected chi connectivity index (χ1v) is 14.7. The Hall–Kier alpha value is -4.56. The maximum absolute atomic E-state index is 14.8. The lowest BCUT2D eigenvalue weighted by molar-refractivity contribution is -0.138. The Labute approximate surface area is 243 Å². The third kappa shape index (κ3) is 10.1. The molecule has 4 rings (SSSR count). The summed E-state index contributed by atoms with van der Waals surface area (Å²) in [4.78, 5) is 34.0. The molecule has 0 saturated carbocycles. The number of aromatic nitrogens is 2. The van der Waals surface area contributed by atoms with E-state index in [1.807, 2.05) is 15.7 Å². The summed E-state index contributed by atoms with van der Waals surface area (Å²) in [6, 6.07) is 13.0. The fourth-order valence-corrected chi connectivity index (χ4v) is 5.07. The average Bonchev–Trinajstić information content (AvgIpc) is 2.96. The number of rotatable bonds is 11. The molecular formula is C28H33FN6O6S. The van der Waals surface area contributed by atoms with Gasteiger partial charge in [0.25, 0.3) is 5.91 Å². The monoisotopic (exact) mass is 600 g/mol. The second kappa shape index (κ2) is 15.4. The number of carboxylic acids is 1. The van der Waals surface area contributed by atoms with E-state index in [1.54, 1.807) is 42.7 Å². The smallest absolute Gasteiger partial charge is 0.323 e. The molecule has 1 saturated heterocycles. The van der Waals surface area contributed by atoms with Crippen molar-refractivity contribution in [3.8, 4) is 5.75 Å². The van der Waals surface area contributed by atoms with Crippen LogP contribution in [0.2, 0.25) is 0 Å². The standard InChI is InChI=1S/C22H27FN6O5S.C6H6O/c1-2-12-35(33,34)28-18(21(31)32)14-26-20(30)15-4-5-19(17(23)13-15)29-10-6-16(7-11-29)27-22-24-8-3-9-25-22;7-6-4-2-1-3-5-6/h2-5,8-9,13,16,18,28H,1,6-7,10-12,14H2,(H,26,30)(H,31,32)(H,24,25,27);1-5,7H/t18-;/m0./s1. The van der Waals surface area contributed by atoms with Crippen LogP contribution in [0.3, 0.4) is 0 Å². The molecule has 12 nitrogen and oxygen atoms in total. The van der Waals surface area contributed by atoms with Crippen molar-refractivity contribution in [3.63, 3.8) is 0 Å². The molecule has 0 unspecified atom stereocenters. The van der Waals surface area contributed by atoms with E-state index < -0.39 is 46.1 Å². The van der Waals surface area contributed by atoms with Gasteiger partial charge in [-0.2, -0.15) is 4.72 Å². The van der Waals surface area contributed by atoms with Crippen molar-refractivity contribution in [2.24, 2.45) is 0 Å². The van der Waals surface area contributed by atoms with E-state index in [1.165, 1.54) is 12.1 Å². The second-order valence-corrected chi connectivity index (χ2v) is 11.1. The molecule has 5 N–H and O–H groups in total. The zero-order chi connectivity index (χ0) is 30.5. The minimum Gasteiger partial charge on any atom is -0.508 e. The summed E-state index contributed by atoms with van der Waals surface area (Å²) >= 11 is 0. The zero-order valence-corrected chi connectivity index (χ0v) is 23.5. The van der Waals surface area contributed by atoms with Crippen molar-refractivity contribution in [1.82, 2.24) is 20.0 Å². The Kier molecular flexibility index (Phi) is 11.8. The lowest BCUT2D eigenvalue weighted by Crippen LogP contribution is -2.48. The zero-order valence-electron chi connectivity index (χ0n) is 22.7. The van der Waals surface area contributed by atoms with Crippen molar-refractivity contribution in [3.05, 3.63) is 91.0 Å². The van der Waals surface area contributed by atoms with Crippen molar-refractivity contribution in [1.29, 1.82) is 0 Å². The van der Waals surface area contributed by atoms with E-state index in [2.05, 4.69) is 27.2 Å². The molecule has 0 aliphatic carbocycles. The summed E-state index contributed by atoms with van der Waals surface area (Å²) in [7, 11) is -3.91. The summed E-state index contributed by atoms with van der Waals surface area (Å²) in [6.07, 6.45) is 5.92. The number of phenolic OH excluding ortho intramolecular Hbond substituents is 1. The van der Waals surface area contributed by atoms with E-state index in [-0.39, 0.29) is 11.6 Å². The van der Waals surface area contributed by atoms with Crippen LogP contribution in [0, 0.1) is 5.82 Å². The fraction of sp³-hybridized carbons (Fsp3) is 0.286. The summed E-state index contributed by atoms with van der Waals surface area (Å²) in [5, 5.41) is 23.5. The maximum atomic E-state index is 14.8. The van der Waals surface area contributed by atoms with Crippen molar-refractivity contribution < 1.29 is 32.6 Å². The molecule has 1 atom stereocenters. The SMILES string of the molecule is C=CCS(=O)(=O)N[C@@H](CNC(=O)c1ccc(N2CCC(Nc3ncccn3)CC2)c(F)c1)C(=O)O.Oc1ccccc1. The van der Waals surface area contributed by atoms with Crippen LogP contribution < -0.4 is 20.3 Å². The Morgan fingerprint density at radius 2 is 1.76 bits per heavy atom. The van der Waals surface area contributed by atoms with Crippen molar-refractivity contribution >= 4 is 33.5 Å². The van der Waals surface area contributed by atoms with Crippen LogP contribution >= 0.6 is 0 Å². The molecule has 1 amide bonds. The number of carbonyl (C=O) groups excluding carboxylic acids is 1. The number of carbonyl (C=O) groups is 2. The highest BCUT2D eigenvalue weighted by Gasteiger charge is 2.25. The molecule has 3 aromatic rings. The number of para-hydroxylation sites is 1. The Balaban J connectivity index is 0.000000603. The second-order valence-electron chi connectivity index (χ2n) is 9.27. The first-order valence-electron chi connectivity index (χ1n) is 13.0. The largest absolute Gasteiger partial charge is 0.508 e. The van der Waals surface area contributed by atoms with Crippen LogP contribution in [0.4, 0.5) is 16.0 Å². The molecule has 1 aromatic heterocycles. The van der Waals surface area contributed by atoms with Gasteiger partial charge in [0.1, 0.15) is 17.6 Å². The first kappa shape index (κ1) is 32.0. The quantitative estimate of drug-likeness (QED) is 0.206. The Morgan fingerprint density at radius 1 is 1.10 bits per heavy atom. The number of amides is 1. The van der Waals surface area contributed by atoms with Gasteiger partial charge >= 0.3 is 5.97 Å². The number of phenols is 1. The Bertz CT molecular complexity index is 1440. The normalized spacial score (nSPS) is 14.2. The van der Waals surface area contributed by atoms with Crippen molar-refractivity contribution in [2.45, 2.75) is 24.9 Å². The van der Waals surface area contributed by atoms with Crippen molar-refractivity contribution in [2.75, 3.05) is 35.6 Å². The molecule has 0 bridgehead atoms. The van der Waals surface area contributed by atoms with Crippen LogP contribution in [0.1, 0.15) is 23.2 Å². The molecule has 42 heavy (non-hydrogen) atoms. The van der Waals surface area contributed by atoms with Gasteiger partial charge in [-0.15, -0.1) is 6.58 Å². The topological polar surface area (TPSA) is 174 Å². The molecule has 1 aliphatic rings. The van der Waals surface area contributed by atoms with Crippen LogP contribution in [0.15, 0.2) is 79.6 Å². The predicted octanol–water partition coefficient (Wildman–Crippen LogP) is 2.38. The number of nitrogens with zero attached hydrogens (tertiary/aromatic N) is 3. The summed E-state index contributed by atoms with van der Waals surface area (Å²) in [5.41, 5.74) is 0.346. The third-order valence-corrected chi connectivity index (χ3v) is 7.44. The van der Waals surface area contributed by atoms with Crippen LogP contribution in [-0.4, -0.2) is 77.9 Å². The number of benzene rings is 2. The van der Waals surface area contributed by atoms with Gasteiger partial charge in [0.15, 0.2) is 0 Å².